The van der Waals surface area contributed by atoms with Gasteiger partial charge in [0.15, 0.2) is 9.84 Å². The molecule has 0 bridgehead atoms. The molecule has 2 rings (SSSR count). The van der Waals surface area contributed by atoms with Crippen LogP contribution < -0.4 is 5.32 Å². The lowest BCUT2D eigenvalue weighted by Gasteiger charge is -2.27. The van der Waals surface area contributed by atoms with E-state index in [2.05, 4.69) is 10.2 Å². The Kier molecular flexibility index (Phi) is 4.41. The Hall–Kier alpha value is -0.170. The number of hydrogen-bond donors (Lipinski definition) is 2. The lowest BCUT2D eigenvalue weighted by molar-refractivity contribution is 0.160. The molecule has 0 aromatic carbocycles. The van der Waals surface area contributed by atoms with E-state index in [1.54, 1.807) is 0 Å². The molecule has 0 aromatic rings. The van der Waals surface area contributed by atoms with Crippen LogP contribution in [-0.4, -0.2) is 68.3 Å². The molecular weight excluding hydrogens is 240 g/mol. The lowest BCUT2D eigenvalue weighted by atomic mass is 10.1. The number of likely N-dealkylation sites (tertiary alicyclic amines) is 1. The highest BCUT2D eigenvalue weighted by atomic mass is 32.2. The summed E-state index contributed by atoms with van der Waals surface area (Å²) in [6, 6.07) is -0.273. The molecule has 0 amide bonds. The first-order chi connectivity index (χ1) is 8.07. The predicted octanol–water partition coefficient (Wildman–Crippen LogP) is -0.780. The summed E-state index contributed by atoms with van der Waals surface area (Å²) in [5.74, 6) is -0.0114. The van der Waals surface area contributed by atoms with Gasteiger partial charge in [-0.15, -0.1) is 0 Å². The second-order valence-electron chi connectivity index (χ2n) is 5.11. The summed E-state index contributed by atoms with van der Waals surface area (Å²) in [6.07, 6.45) is 3.12. The molecule has 2 atom stereocenters. The number of piperidine rings is 1. The van der Waals surface area contributed by atoms with Gasteiger partial charge in [-0.1, -0.05) is 6.42 Å². The van der Waals surface area contributed by atoms with Crippen LogP contribution in [0.4, 0.5) is 0 Å². The minimum Gasteiger partial charge on any atom is -0.390 e. The zero-order chi connectivity index (χ0) is 12.3. The standard InChI is InChI=1S/C11H22N2O3S/c14-11-9-17(15,16)8-10(11)12-4-7-13-5-2-1-3-6-13/h10-12,14H,1-9H2. The minimum atomic E-state index is -3.03. The lowest BCUT2D eigenvalue weighted by Crippen LogP contribution is -2.43. The Labute approximate surface area is 103 Å². The third-order valence-electron chi connectivity index (χ3n) is 3.61. The summed E-state index contributed by atoms with van der Waals surface area (Å²) in [4.78, 5) is 2.40. The Morgan fingerprint density at radius 2 is 1.88 bits per heavy atom. The summed E-state index contributed by atoms with van der Waals surface area (Å²) in [6.45, 7) is 4.00. The molecule has 5 nitrogen and oxygen atoms in total. The van der Waals surface area contributed by atoms with Gasteiger partial charge in [-0.2, -0.15) is 0 Å². The first-order valence-corrected chi connectivity index (χ1v) is 8.23. The van der Waals surface area contributed by atoms with E-state index in [0.29, 0.717) is 0 Å². The van der Waals surface area contributed by atoms with Crippen LogP contribution in [0.5, 0.6) is 0 Å². The predicted molar refractivity (Wildman–Crippen MR) is 66.7 cm³/mol. The molecule has 0 aromatic heterocycles. The summed E-state index contributed by atoms with van der Waals surface area (Å²) < 4.78 is 22.6. The van der Waals surface area contributed by atoms with Gasteiger partial charge < -0.3 is 15.3 Å². The number of nitrogens with one attached hydrogen (secondary N) is 1. The van der Waals surface area contributed by atoms with Crippen LogP contribution in [-0.2, 0) is 9.84 Å². The van der Waals surface area contributed by atoms with Crippen molar-refractivity contribution < 1.29 is 13.5 Å². The maximum absolute atomic E-state index is 11.3. The topological polar surface area (TPSA) is 69.6 Å². The molecule has 2 saturated heterocycles. The number of aliphatic hydroxyl groups is 1. The van der Waals surface area contributed by atoms with Crippen LogP contribution in [0, 0.1) is 0 Å². The van der Waals surface area contributed by atoms with Crippen molar-refractivity contribution in [1.29, 1.82) is 0 Å². The van der Waals surface area contributed by atoms with Crippen molar-refractivity contribution in [1.82, 2.24) is 10.2 Å². The van der Waals surface area contributed by atoms with Crippen molar-refractivity contribution in [3.8, 4) is 0 Å². The average Bonchev–Trinajstić information content (AvgIpc) is 2.53. The molecule has 2 fully saturated rings. The highest BCUT2D eigenvalue weighted by Gasteiger charge is 2.35. The van der Waals surface area contributed by atoms with Gasteiger partial charge in [-0.25, -0.2) is 8.42 Å². The van der Waals surface area contributed by atoms with Crippen molar-refractivity contribution in [2.75, 3.05) is 37.7 Å². The summed E-state index contributed by atoms with van der Waals surface area (Å²) in [5.41, 5.74) is 0. The molecular formula is C11H22N2O3S. The molecule has 0 aliphatic carbocycles. The second-order valence-corrected chi connectivity index (χ2v) is 7.26. The van der Waals surface area contributed by atoms with Gasteiger partial charge in [-0.05, 0) is 25.9 Å². The van der Waals surface area contributed by atoms with Gasteiger partial charge in [0.2, 0.25) is 0 Å². The molecule has 2 aliphatic rings. The van der Waals surface area contributed by atoms with E-state index in [0.717, 1.165) is 26.2 Å². The molecule has 6 heteroatoms. The first kappa shape index (κ1) is 13.3. The van der Waals surface area contributed by atoms with E-state index in [1.807, 2.05) is 0 Å². The molecule has 0 saturated carbocycles. The number of sulfone groups is 1. The van der Waals surface area contributed by atoms with Crippen molar-refractivity contribution in [2.24, 2.45) is 0 Å². The van der Waals surface area contributed by atoms with E-state index < -0.39 is 15.9 Å². The van der Waals surface area contributed by atoms with Gasteiger partial charge >= 0.3 is 0 Å². The SMILES string of the molecule is O=S1(=O)CC(O)C(NCCN2CCCCC2)C1. The van der Waals surface area contributed by atoms with Crippen molar-refractivity contribution in [3.05, 3.63) is 0 Å². The number of hydrogen-bond acceptors (Lipinski definition) is 5. The fourth-order valence-electron chi connectivity index (χ4n) is 2.62. The summed E-state index contributed by atoms with van der Waals surface area (Å²) in [5, 5.41) is 12.8. The van der Waals surface area contributed by atoms with E-state index in [-0.39, 0.29) is 17.5 Å². The van der Waals surface area contributed by atoms with Crippen LogP contribution in [0.1, 0.15) is 19.3 Å². The fourth-order valence-corrected chi connectivity index (χ4v) is 4.39. The van der Waals surface area contributed by atoms with E-state index in [1.165, 1.54) is 19.3 Å². The minimum absolute atomic E-state index is 0.0775. The number of aliphatic hydroxyl groups excluding tert-OH is 1. The zero-order valence-electron chi connectivity index (χ0n) is 10.1. The molecule has 0 radical (unpaired) electrons. The zero-order valence-corrected chi connectivity index (χ0v) is 11.0. The van der Waals surface area contributed by atoms with Gasteiger partial charge in [0.05, 0.1) is 17.6 Å². The third-order valence-corrected chi connectivity index (χ3v) is 5.32. The fraction of sp³-hybridized carbons (Fsp3) is 1.00. The Morgan fingerprint density at radius 3 is 2.47 bits per heavy atom. The van der Waals surface area contributed by atoms with E-state index >= 15 is 0 Å². The van der Waals surface area contributed by atoms with Crippen LogP contribution in [0.3, 0.4) is 0 Å². The Balaban J connectivity index is 1.68. The highest BCUT2D eigenvalue weighted by Crippen LogP contribution is 2.12. The van der Waals surface area contributed by atoms with Crippen molar-refractivity contribution in [2.45, 2.75) is 31.4 Å². The van der Waals surface area contributed by atoms with Crippen molar-refractivity contribution in [3.63, 3.8) is 0 Å². The summed E-state index contributed by atoms with van der Waals surface area (Å²) in [7, 11) is -3.03. The molecule has 2 aliphatic heterocycles. The van der Waals surface area contributed by atoms with Gasteiger partial charge in [0.25, 0.3) is 0 Å². The number of nitrogens with zero attached hydrogens (tertiary/aromatic N) is 1. The maximum Gasteiger partial charge on any atom is 0.154 e. The summed E-state index contributed by atoms with van der Waals surface area (Å²) >= 11 is 0. The largest absolute Gasteiger partial charge is 0.390 e. The van der Waals surface area contributed by atoms with Gasteiger partial charge in [-0.3, -0.25) is 0 Å². The van der Waals surface area contributed by atoms with Crippen LogP contribution in [0.2, 0.25) is 0 Å². The molecule has 17 heavy (non-hydrogen) atoms. The third kappa shape index (κ3) is 3.91. The van der Waals surface area contributed by atoms with Crippen LogP contribution >= 0.6 is 0 Å². The normalized spacial score (nSPS) is 33.9. The average molecular weight is 262 g/mol. The Morgan fingerprint density at radius 1 is 1.18 bits per heavy atom. The quantitative estimate of drug-likeness (QED) is 0.695. The van der Waals surface area contributed by atoms with Crippen LogP contribution in [0.15, 0.2) is 0 Å². The van der Waals surface area contributed by atoms with Gasteiger partial charge in [0.1, 0.15) is 0 Å². The maximum atomic E-state index is 11.3. The van der Waals surface area contributed by atoms with Gasteiger partial charge in [0, 0.05) is 19.1 Å². The van der Waals surface area contributed by atoms with E-state index in [9.17, 15) is 13.5 Å². The molecule has 2 unspecified atom stereocenters. The molecule has 0 spiro atoms. The van der Waals surface area contributed by atoms with Crippen molar-refractivity contribution >= 4 is 9.84 Å². The monoisotopic (exact) mass is 262 g/mol. The highest BCUT2D eigenvalue weighted by molar-refractivity contribution is 7.91. The van der Waals surface area contributed by atoms with Crippen LogP contribution in [0.25, 0.3) is 0 Å². The molecule has 2 heterocycles. The molecule has 100 valence electrons. The first-order valence-electron chi connectivity index (χ1n) is 6.41. The Bertz CT molecular complexity index is 339. The molecule has 2 N–H and O–H groups in total. The second kappa shape index (κ2) is 5.65. The number of rotatable bonds is 4. The van der Waals surface area contributed by atoms with E-state index in [4.69, 9.17) is 0 Å². The smallest absolute Gasteiger partial charge is 0.154 e.